The van der Waals surface area contributed by atoms with E-state index in [1.807, 2.05) is 7.05 Å². The molecule has 0 aromatic heterocycles. The third-order valence-corrected chi connectivity index (χ3v) is 4.57. The van der Waals surface area contributed by atoms with Crippen LogP contribution in [0.2, 0.25) is 0 Å². The lowest BCUT2D eigenvalue weighted by Crippen LogP contribution is -2.48. The minimum Gasteiger partial charge on any atom is -0.365 e. The van der Waals surface area contributed by atoms with Gasteiger partial charge >= 0.3 is 5.69 Å². The van der Waals surface area contributed by atoms with Gasteiger partial charge in [0.1, 0.15) is 0 Å². The molecule has 5 nitrogen and oxygen atoms in total. The van der Waals surface area contributed by atoms with Crippen LogP contribution in [0.4, 0.5) is 15.8 Å². The van der Waals surface area contributed by atoms with Gasteiger partial charge in [-0.05, 0) is 44.9 Å². The first kappa shape index (κ1) is 13.3. The number of piperidine rings is 1. The van der Waals surface area contributed by atoms with Crippen LogP contribution in [0.5, 0.6) is 0 Å². The smallest absolute Gasteiger partial charge is 0.306 e. The van der Waals surface area contributed by atoms with Crippen LogP contribution in [-0.2, 0) is 0 Å². The highest BCUT2D eigenvalue weighted by Gasteiger charge is 2.40. The SMILES string of the molecule is CNC1CC2CCC(C1)N2c1ccc(F)c([N+](=O)[O-])c1. The van der Waals surface area contributed by atoms with Crippen LogP contribution in [0.3, 0.4) is 0 Å². The van der Waals surface area contributed by atoms with Crippen LogP contribution in [0.1, 0.15) is 25.7 Å². The number of nitro groups is 1. The summed E-state index contributed by atoms with van der Waals surface area (Å²) in [6.07, 6.45) is 4.29. The van der Waals surface area contributed by atoms with Gasteiger partial charge in [-0.3, -0.25) is 10.1 Å². The molecule has 2 heterocycles. The van der Waals surface area contributed by atoms with Crippen molar-refractivity contribution in [2.45, 2.75) is 43.8 Å². The zero-order valence-corrected chi connectivity index (χ0v) is 11.4. The van der Waals surface area contributed by atoms with Gasteiger partial charge in [0.2, 0.25) is 5.82 Å². The molecule has 2 bridgehead atoms. The van der Waals surface area contributed by atoms with Gasteiger partial charge in [-0.2, -0.15) is 4.39 Å². The van der Waals surface area contributed by atoms with E-state index in [0.717, 1.165) is 31.4 Å². The third-order valence-electron chi connectivity index (χ3n) is 4.57. The summed E-state index contributed by atoms with van der Waals surface area (Å²) in [5.74, 6) is -0.767. The fourth-order valence-electron chi connectivity index (χ4n) is 3.64. The van der Waals surface area contributed by atoms with Gasteiger partial charge in [0.05, 0.1) is 4.92 Å². The zero-order valence-electron chi connectivity index (χ0n) is 11.4. The third kappa shape index (κ3) is 2.14. The van der Waals surface area contributed by atoms with Gasteiger partial charge in [0, 0.05) is 29.9 Å². The van der Waals surface area contributed by atoms with Crippen molar-refractivity contribution in [1.82, 2.24) is 5.32 Å². The molecule has 0 spiro atoms. The highest BCUT2D eigenvalue weighted by atomic mass is 19.1. The van der Waals surface area contributed by atoms with Gasteiger partial charge in [-0.15, -0.1) is 0 Å². The average Bonchev–Trinajstić information content (AvgIpc) is 2.69. The second kappa shape index (κ2) is 5.01. The highest BCUT2D eigenvalue weighted by molar-refractivity contribution is 5.56. The van der Waals surface area contributed by atoms with Crippen molar-refractivity contribution in [2.24, 2.45) is 0 Å². The molecular weight excluding hydrogens is 261 g/mol. The molecule has 0 saturated carbocycles. The standard InChI is InChI=1S/C14H18FN3O2/c1-16-9-6-10-2-3-11(7-9)17(10)12-4-5-13(15)14(8-12)18(19)20/h4-5,8-11,16H,2-3,6-7H2,1H3. The molecule has 2 unspecified atom stereocenters. The summed E-state index contributed by atoms with van der Waals surface area (Å²) >= 11 is 0. The number of nitro benzene ring substituents is 1. The second-order valence-electron chi connectivity index (χ2n) is 5.64. The molecule has 2 saturated heterocycles. The first-order valence-electron chi connectivity index (χ1n) is 6.99. The lowest BCUT2D eigenvalue weighted by atomic mass is 9.96. The van der Waals surface area contributed by atoms with E-state index in [1.165, 1.54) is 12.1 Å². The van der Waals surface area contributed by atoms with Crippen LogP contribution in [0.15, 0.2) is 18.2 Å². The van der Waals surface area contributed by atoms with Crippen molar-refractivity contribution in [3.63, 3.8) is 0 Å². The van der Waals surface area contributed by atoms with Crippen LogP contribution in [-0.4, -0.2) is 30.1 Å². The number of nitrogens with zero attached hydrogens (tertiary/aromatic N) is 2. The Morgan fingerprint density at radius 2 is 2.00 bits per heavy atom. The maximum atomic E-state index is 13.4. The van der Waals surface area contributed by atoms with E-state index in [1.54, 1.807) is 6.07 Å². The monoisotopic (exact) mass is 279 g/mol. The predicted octanol–water partition coefficient (Wildman–Crippen LogP) is 2.45. The largest absolute Gasteiger partial charge is 0.365 e. The Morgan fingerprint density at radius 3 is 2.55 bits per heavy atom. The Labute approximate surface area is 116 Å². The molecule has 1 N–H and O–H groups in total. The summed E-state index contributed by atoms with van der Waals surface area (Å²) in [7, 11) is 1.97. The average molecular weight is 279 g/mol. The molecule has 3 rings (SSSR count). The number of anilines is 1. The zero-order chi connectivity index (χ0) is 14.3. The quantitative estimate of drug-likeness (QED) is 0.682. The van der Waals surface area contributed by atoms with Crippen LogP contribution in [0.25, 0.3) is 0 Å². The number of rotatable bonds is 3. The maximum absolute atomic E-state index is 13.4. The Kier molecular flexibility index (Phi) is 3.33. The molecule has 2 aliphatic heterocycles. The summed E-state index contributed by atoms with van der Waals surface area (Å²) in [5.41, 5.74) is 0.345. The lowest BCUT2D eigenvalue weighted by molar-refractivity contribution is -0.387. The number of halogens is 1. The number of hydrogen-bond donors (Lipinski definition) is 1. The van der Waals surface area contributed by atoms with Crippen LogP contribution < -0.4 is 10.2 Å². The Morgan fingerprint density at radius 1 is 1.35 bits per heavy atom. The highest BCUT2D eigenvalue weighted by Crippen LogP contribution is 2.40. The molecule has 2 aliphatic rings. The summed E-state index contributed by atoms with van der Waals surface area (Å²) in [5, 5.41) is 14.2. The van der Waals surface area contributed by atoms with Crippen molar-refractivity contribution in [3.8, 4) is 0 Å². The van der Waals surface area contributed by atoms with E-state index in [9.17, 15) is 14.5 Å². The van der Waals surface area contributed by atoms with Crippen LogP contribution in [0, 0.1) is 15.9 Å². The number of benzene rings is 1. The van der Waals surface area contributed by atoms with Crippen molar-refractivity contribution in [2.75, 3.05) is 11.9 Å². The Hall–Kier alpha value is -1.69. The summed E-state index contributed by atoms with van der Waals surface area (Å²) in [6.45, 7) is 0. The predicted molar refractivity (Wildman–Crippen MR) is 74.4 cm³/mol. The summed E-state index contributed by atoms with van der Waals surface area (Å²) in [4.78, 5) is 12.5. The van der Waals surface area contributed by atoms with Gasteiger partial charge in [-0.25, -0.2) is 0 Å². The Balaban J connectivity index is 1.91. The minimum absolute atomic E-state index is 0.399. The minimum atomic E-state index is -0.767. The molecule has 20 heavy (non-hydrogen) atoms. The van der Waals surface area contributed by atoms with Gasteiger partial charge in [0.25, 0.3) is 0 Å². The van der Waals surface area contributed by atoms with E-state index < -0.39 is 16.4 Å². The fraction of sp³-hybridized carbons (Fsp3) is 0.571. The number of hydrogen-bond acceptors (Lipinski definition) is 4. The van der Waals surface area contributed by atoms with Gasteiger partial charge in [0.15, 0.2) is 0 Å². The van der Waals surface area contributed by atoms with Crippen molar-refractivity contribution < 1.29 is 9.31 Å². The number of fused-ring (bicyclic) bond motifs is 2. The molecule has 2 atom stereocenters. The van der Waals surface area contributed by atoms with E-state index >= 15 is 0 Å². The molecule has 0 radical (unpaired) electrons. The van der Waals surface area contributed by atoms with Crippen molar-refractivity contribution in [1.29, 1.82) is 0 Å². The van der Waals surface area contributed by atoms with Gasteiger partial charge in [-0.1, -0.05) is 0 Å². The molecule has 1 aromatic carbocycles. The van der Waals surface area contributed by atoms with Crippen molar-refractivity contribution in [3.05, 3.63) is 34.1 Å². The lowest BCUT2D eigenvalue weighted by Gasteiger charge is -2.40. The van der Waals surface area contributed by atoms with E-state index in [4.69, 9.17) is 0 Å². The first-order valence-corrected chi connectivity index (χ1v) is 6.99. The van der Waals surface area contributed by atoms with E-state index in [0.29, 0.717) is 18.1 Å². The van der Waals surface area contributed by atoms with E-state index in [-0.39, 0.29) is 0 Å². The van der Waals surface area contributed by atoms with Gasteiger partial charge < -0.3 is 10.2 Å². The maximum Gasteiger partial charge on any atom is 0.306 e. The summed E-state index contributed by atoms with van der Waals surface area (Å²) < 4.78 is 13.4. The topological polar surface area (TPSA) is 58.4 Å². The Bertz CT molecular complexity index is 523. The molecule has 6 heteroatoms. The van der Waals surface area contributed by atoms with Crippen LogP contribution >= 0.6 is 0 Å². The molecule has 0 amide bonds. The molecular formula is C14H18FN3O2. The molecule has 108 valence electrons. The first-order chi connectivity index (χ1) is 9.60. The molecule has 2 fully saturated rings. The molecule has 0 aliphatic carbocycles. The fourth-order valence-corrected chi connectivity index (χ4v) is 3.64. The second-order valence-corrected chi connectivity index (χ2v) is 5.64. The van der Waals surface area contributed by atoms with E-state index in [2.05, 4.69) is 10.2 Å². The molecule has 1 aromatic rings. The normalized spacial score (nSPS) is 28.7. The van der Waals surface area contributed by atoms with Crippen molar-refractivity contribution >= 4 is 11.4 Å². The summed E-state index contributed by atoms with van der Waals surface area (Å²) in [6, 6.07) is 5.55. The number of nitrogens with one attached hydrogen (secondary N) is 1.